The maximum atomic E-state index is 10.2. The Labute approximate surface area is 147 Å². The molecule has 1 aliphatic rings. The van der Waals surface area contributed by atoms with E-state index in [9.17, 15) is 5.11 Å². The Morgan fingerprint density at radius 3 is 2.30 bits per heavy atom. The van der Waals surface area contributed by atoms with Gasteiger partial charge in [0.1, 0.15) is 18.5 Å². The number of nitrogens with zero attached hydrogens (tertiary/aromatic N) is 1. The van der Waals surface area contributed by atoms with E-state index in [0.29, 0.717) is 25.1 Å². The molecule has 2 rings (SSSR count). The third kappa shape index (κ3) is 6.70. The summed E-state index contributed by atoms with van der Waals surface area (Å²) in [6.07, 6.45) is 6.11. The van der Waals surface area contributed by atoms with Crippen LogP contribution in [0.1, 0.15) is 57.4 Å². The molecular weight excluding hydrogens is 310 g/mol. The summed E-state index contributed by atoms with van der Waals surface area (Å²) in [5.74, 6) is 1.37. The van der Waals surface area contributed by atoms with Gasteiger partial charge in [0, 0.05) is 12.6 Å². The van der Waals surface area contributed by atoms with E-state index in [2.05, 4.69) is 37.9 Å². The number of benzene rings is 1. The molecule has 0 heterocycles. The van der Waals surface area contributed by atoms with Gasteiger partial charge in [-0.2, -0.15) is 0 Å². The number of halogens is 1. The predicted molar refractivity (Wildman–Crippen MR) is 98.8 cm³/mol. The largest absolute Gasteiger partial charge is 0.491 e. The van der Waals surface area contributed by atoms with E-state index in [1.807, 2.05) is 12.1 Å². The molecule has 0 aliphatic heterocycles. The fourth-order valence-electron chi connectivity index (χ4n) is 3.20. The van der Waals surface area contributed by atoms with Crippen LogP contribution in [0.15, 0.2) is 24.3 Å². The molecule has 0 aromatic heterocycles. The number of aliphatic hydroxyl groups excluding tert-OH is 1. The maximum absolute atomic E-state index is 10.2. The Hall–Kier alpha value is -0.770. The average molecular weight is 342 g/mol. The topological polar surface area (TPSA) is 32.7 Å². The zero-order chi connectivity index (χ0) is 15.9. The summed E-state index contributed by atoms with van der Waals surface area (Å²) in [7, 11) is 2.12. The Morgan fingerprint density at radius 2 is 1.74 bits per heavy atom. The third-order valence-electron chi connectivity index (χ3n) is 4.69. The van der Waals surface area contributed by atoms with Crippen LogP contribution in [0, 0.1) is 0 Å². The molecule has 1 saturated carbocycles. The van der Waals surface area contributed by atoms with Gasteiger partial charge in [-0.3, -0.25) is 0 Å². The van der Waals surface area contributed by atoms with E-state index in [-0.39, 0.29) is 12.4 Å². The van der Waals surface area contributed by atoms with E-state index in [4.69, 9.17) is 4.74 Å². The molecule has 1 aromatic rings. The zero-order valence-electron chi connectivity index (χ0n) is 14.7. The van der Waals surface area contributed by atoms with Gasteiger partial charge < -0.3 is 14.7 Å². The predicted octanol–water partition coefficient (Wildman–Crippen LogP) is 4.24. The number of aliphatic hydroxyl groups is 1. The Bertz CT molecular complexity index is 430. The molecule has 1 aromatic carbocycles. The summed E-state index contributed by atoms with van der Waals surface area (Å²) in [5, 5.41) is 10.2. The van der Waals surface area contributed by atoms with Crippen LogP contribution in [0.3, 0.4) is 0 Å². The van der Waals surface area contributed by atoms with Crippen molar-refractivity contribution in [3.63, 3.8) is 0 Å². The Kier molecular flexibility index (Phi) is 8.96. The molecule has 3 nitrogen and oxygen atoms in total. The summed E-state index contributed by atoms with van der Waals surface area (Å²) in [4.78, 5) is 2.30. The van der Waals surface area contributed by atoms with Crippen molar-refractivity contribution in [1.29, 1.82) is 0 Å². The Balaban J connectivity index is 0.00000264. The minimum Gasteiger partial charge on any atom is -0.491 e. The summed E-state index contributed by atoms with van der Waals surface area (Å²) in [6.45, 7) is 5.41. The number of hydrogen-bond donors (Lipinski definition) is 1. The van der Waals surface area contributed by atoms with Crippen molar-refractivity contribution in [1.82, 2.24) is 4.90 Å². The molecule has 0 radical (unpaired) electrons. The highest BCUT2D eigenvalue weighted by Gasteiger charge is 2.20. The zero-order valence-corrected chi connectivity index (χ0v) is 15.5. The minimum absolute atomic E-state index is 0. The molecular formula is C19H32ClNO2. The fourth-order valence-corrected chi connectivity index (χ4v) is 3.20. The molecule has 1 N–H and O–H groups in total. The van der Waals surface area contributed by atoms with E-state index in [0.717, 1.165) is 5.75 Å². The van der Waals surface area contributed by atoms with E-state index < -0.39 is 6.10 Å². The van der Waals surface area contributed by atoms with Crippen LogP contribution in [0.5, 0.6) is 5.75 Å². The summed E-state index contributed by atoms with van der Waals surface area (Å²) >= 11 is 0. The fraction of sp³-hybridized carbons (Fsp3) is 0.684. The quantitative estimate of drug-likeness (QED) is 0.805. The molecule has 1 atom stereocenters. The maximum Gasteiger partial charge on any atom is 0.119 e. The monoisotopic (exact) mass is 341 g/mol. The van der Waals surface area contributed by atoms with Crippen LogP contribution >= 0.6 is 12.4 Å². The van der Waals surface area contributed by atoms with Crippen molar-refractivity contribution in [2.24, 2.45) is 0 Å². The normalized spacial score (nSPS) is 17.1. The van der Waals surface area contributed by atoms with Crippen molar-refractivity contribution in [2.45, 2.75) is 64.0 Å². The first kappa shape index (κ1) is 20.3. The second kappa shape index (κ2) is 10.2. The third-order valence-corrected chi connectivity index (χ3v) is 4.69. The van der Waals surface area contributed by atoms with Gasteiger partial charge in [-0.1, -0.05) is 45.2 Å². The average Bonchev–Trinajstić information content (AvgIpc) is 2.54. The second-order valence-corrected chi connectivity index (χ2v) is 6.92. The first-order chi connectivity index (χ1) is 10.6. The van der Waals surface area contributed by atoms with Gasteiger partial charge in [0.05, 0.1) is 0 Å². The SMILES string of the molecule is CC(C)c1ccc(OCC(O)CN(C)C2CCCCC2)cc1.Cl. The van der Waals surface area contributed by atoms with E-state index in [1.165, 1.54) is 37.7 Å². The number of ether oxygens (including phenoxy) is 1. The molecule has 23 heavy (non-hydrogen) atoms. The molecule has 0 saturated heterocycles. The highest BCUT2D eigenvalue weighted by atomic mass is 35.5. The van der Waals surface area contributed by atoms with Crippen LogP contribution in [0.25, 0.3) is 0 Å². The van der Waals surface area contributed by atoms with Gasteiger partial charge >= 0.3 is 0 Å². The molecule has 4 heteroatoms. The Morgan fingerprint density at radius 1 is 1.13 bits per heavy atom. The molecule has 0 amide bonds. The van der Waals surface area contributed by atoms with E-state index in [1.54, 1.807) is 0 Å². The standard InChI is InChI=1S/C19H31NO2.ClH/c1-15(2)16-9-11-19(12-10-16)22-14-18(21)13-20(3)17-7-5-4-6-8-17;/h9-12,15,17-18,21H,4-8,13-14H2,1-3H3;1H. The van der Waals surface area contributed by atoms with Crippen molar-refractivity contribution < 1.29 is 9.84 Å². The highest BCUT2D eigenvalue weighted by Crippen LogP contribution is 2.22. The minimum atomic E-state index is -0.434. The number of likely N-dealkylation sites (N-methyl/N-ethyl adjacent to an activating group) is 1. The van der Waals surface area contributed by atoms with Crippen LogP contribution < -0.4 is 4.74 Å². The van der Waals surface area contributed by atoms with Crippen molar-refractivity contribution in [2.75, 3.05) is 20.2 Å². The molecule has 0 bridgehead atoms. The van der Waals surface area contributed by atoms with Crippen LogP contribution in [-0.2, 0) is 0 Å². The van der Waals surface area contributed by atoms with Crippen molar-refractivity contribution in [3.05, 3.63) is 29.8 Å². The molecule has 1 fully saturated rings. The van der Waals surface area contributed by atoms with Crippen LogP contribution in [0.4, 0.5) is 0 Å². The molecule has 1 unspecified atom stereocenters. The number of rotatable bonds is 7. The lowest BCUT2D eigenvalue weighted by molar-refractivity contribution is 0.0561. The van der Waals surface area contributed by atoms with Crippen molar-refractivity contribution >= 4 is 12.4 Å². The summed E-state index contributed by atoms with van der Waals surface area (Å²) in [6, 6.07) is 8.81. The van der Waals surface area contributed by atoms with Crippen LogP contribution in [0.2, 0.25) is 0 Å². The molecule has 1 aliphatic carbocycles. The lowest BCUT2D eigenvalue weighted by atomic mass is 9.94. The van der Waals surface area contributed by atoms with Gasteiger partial charge in [0.2, 0.25) is 0 Å². The lowest BCUT2D eigenvalue weighted by Gasteiger charge is -2.32. The molecule has 0 spiro atoms. The number of hydrogen-bond acceptors (Lipinski definition) is 3. The van der Waals surface area contributed by atoms with Gasteiger partial charge in [0.15, 0.2) is 0 Å². The first-order valence-electron chi connectivity index (χ1n) is 8.67. The highest BCUT2D eigenvalue weighted by molar-refractivity contribution is 5.85. The summed E-state index contributed by atoms with van der Waals surface area (Å²) in [5.41, 5.74) is 1.31. The van der Waals surface area contributed by atoms with Gasteiger partial charge in [0.25, 0.3) is 0 Å². The lowest BCUT2D eigenvalue weighted by Crippen LogP contribution is -2.40. The van der Waals surface area contributed by atoms with E-state index >= 15 is 0 Å². The smallest absolute Gasteiger partial charge is 0.119 e. The summed E-state index contributed by atoms with van der Waals surface area (Å²) < 4.78 is 5.71. The van der Waals surface area contributed by atoms with Gasteiger partial charge in [-0.25, -0.2) is 0 Å². The van der Waals surface area contributed by atoms with Gasteiger partial charge in [-0.05, 0) is 43.5 Å². The van der Waals surface area contributed by atoms with Crippen LogP contribution in [-0.4, -0.2) is 42.4 Å². The van der Waals surface area contributed by atoms with Gasteiger partial charge in [-0.15, -0.1) is 12.4 Å². The second-order valence-electron chi connectivity index (χ2n) is 6.92. The molecule has 132 valence electrons. The van der Waals surface area contributed by atoms with Crippen molar-refractivity contribution in [3.8, 4) is 5.75 Å². The first-order valence-corrected chi connectivity index (χ1v) is 8.67.